The molecule has 1 N–H and O–H groups in total. The Balaban J connectivity index is 1.42. The number of nitrogens with zero attached hydrogens (tertiary/aromatic N) is 5. The predicted octanol–water partition coefficient (Wildman–Crippen LogP) is 1.43. The monoisotopic (exact) mass is 381 g/mol. The zero-order valence-electron chi connectivity index (χ0n) is 15.9. The van der Waals surface area contributed by atoms with Crippen LogP contribution in [0, 0.1) is 6.92 Å². The molecule has 4 rings (SSSR count). The van der Waals surface area contributed by atoms with Crippen molar-refractivity contribution in [1.82, 2.24) is 24.5 Å². The highest BCUT2D eigenvalue weighted by Gasteiger charge is 2.25. The number of aliphatic hydroxyl groups is 1. The maximum Gasteiger partial charge on any atom is 0.260 e. The Bertz CT molecular complexity index is 993. The molecule has 0 saturated carbocycles. The number of rotatable bonds is 5. The summed E-state index contributed by atoms with van der Waals surface area (Å²) in [6.07, 6.45) is 0.794. The first-order chi connectivity index (χ1) is 13.5. The summed E-state index contributed by atoms with van der Waals surface area (Å²) in [5.41, 5.74) is 3.13. The van der Waals surface area contributed by atoms with Gasteiger partial charge in [-0.15, -0.1) is 0 Å². The Kier molecular flexibility index (Phi) is 4.87. The van der Waals surface area contributed by atoms with Gasteiger partial charge in [-0.1, -0.05) is 18.2 Å². The van der Waals surface area contributed by atoms with Gasteiger partial charge in [0.15, 0.2) is 6.61 Å². The molecule has 2 aromatic heterocycles. The van der Waals surface area contributed by atoms with Gasteiger partial charge in [-0.3, -0.25) is 14.2 Å². The number of aryl methyl sites for hydroxylation is 2. The summed E-state index contributed by atoms with van der Waals surface area (Å²) in [5.74, 6) is 0.656. The molecule has 0 saturated heterocycles. The number of fused-ring (bicyclic) bond motifs is 1. The first kappa shape index (κ1) is 18.2. The third kappa shape index (κ3) is 3.50. The molecule has 8 heteroatoms. The molecule has 1 amide bonds. The summed E-state index contributed by atoms with van der Waals surface area (Å²) in [7, 11) is 1.78. The van der Waals surface area contributed by atoms with E-state index in [0.717, 1.165) is 17.0 Å². The molecule has 1 aliphatic heterocycles. The Morgan fingerprint density at radius 2 is 2.11 bits per heavy atom. The molecule has 0 spiro atoms. The third-order valence-corrected chi connectivity index (χ3v) is 5.03. The fourth-order valence-corrected chi connectivity index (χ4v) is 3.39. The molecule has 0 fully saturated rings. The Morgan fingerprint density at radius 3 is 2.86 bits per heavy atom. The number of aliphatic hydroxyl groups excluding tert-OH is 1. The fraction of sp³-hybridized carbons (Fsp3) is 0.350. The molecule has 146 valence electrons. The van der Waals surface area contributed by atoms with E-state index < -0.39 is 6.10 Å². The van der Waals surface area contributed by atoms with Gasteiger partial charge in [-0.05, 0) is 30.7 Å². The summed E-state index contributed by atoms with van der Waals surface area (Å²) in [6.45, 7) is 3.55. The van der Waals surface area contributed by atoms with E-state index >= 15 is 0 Å². The maximum atomic E-state index is 12.6. The Labute approximate surface area is 163 Å². The number of benzene rings is 1. The second-order valence-corrected chi connectivity index (χ2v) is 6.94. The van der Waals surface area contributed by atoms with Crippen LogP contribution in [0.2, 0.25) is 0 Å². The Hall–Kier alpha value is -3.13. The molecule has 0 aliphatic carbocycles. The number of hydrogen-bond acceptors (Lipinski definition) is 5. The second kappa shape index (κ2) is 7.47. The van der Waals surface area contributed by atoms with E-state index in [1.807, 2.05) is 41.9 Å². The maximum absolute atomic E-state index is 12.6. The zero-order chi connectivity index (χ0) is 19.7. The predicted molar refractivity (Wildman–Crippen MR) is 102 cm³/mol. The molecule has 28 heavy (non-hydrogen) atoms. The molecule has 0 bridgehead atoms. The van der Waals surface area contributed by atoms with Crippen LogP contribution in [0.1, 0.15) is 28.7 Å². The lowest BCUT2D eigenvalue weighted by molar-refractivity contribution is -0.134. The Morgan fingerprint density at radius 1 is 1.29 bits per heavy atom. The number of carbonyl (C=O) groups excluding carboxylic acids is 1. The summed E-state index contributed by atoms with van der Waals surface area (Å²) in [6, 6.07) is 11.3. The molecule has 1 aliphatic rings. The largest absolute Gasteiger partial charge is 0.484 e. The number of hydrogen-bond donors (Lipinski definition) is 1. The van der Waals surface area contributed by atoms with Crippen molar-refractivity contribution >= 4 is 5.91 Å². The number of carbonyl (C=O) groups is 1. The van der Waals surface area contributed by atoms with E-state index in [-0.39, 0.29) is 12.5 Å². The first-order valence-corrected chi connectivity index (χ1v) is 9.21. The standard InChI is InChI=1S/C20H23N5O3/c1-14-5-3-4-6-18(14)28-13-19(26)24-9-10-25-15(12-24)11-16(22-25)20(27)17-7-8-21-23(17)2/h3-8,11,20,27H,9-10,12-13H2,1-2H3/t20-/m0/s1. The lowest BCUT2D eigenvalue weighted by Gasteiger charge is -2.27. The van der Waals surface area contributed by atoms with E-state index in [4.69, 9.17) is 4.74 Å². The van der Waals surface area contributed by atoms with Crippen molar-refractivity contribution < 1.29 is 14.6 Å². The molecule has 8 nitrogen and oxygen atoms in total. The molecular weight excluding hydrogens is 358 g/mol. The van der Waals surface area contributed by atoms with Crippen molar-refractivity contribution in [2.45, 2.75) is 26.1 Å². The van der Waals surface area contributed by atoms with Crippen molar-refractivity contribution in [3.8, 4) is 5.75 Å². The lowest BCUT2D eigenvalue weighted by Crippen LogP contribution is -2.40. The van der Waals surface area contributed by atoms with Gasteiger partial charge in [0.05, 0.1) is 30.2 Å². The SMILES string of the molecule is Cc1ccccc1OCC(=O)N1CCn2nc([C@H](O)c3ccnn3C)cc2C1. The summed E-state index contributed by atoms with van der Waals surface area (Å²) >= 11 is 0. The van der Waals surface area contributed by atoms with Crippen LogP contribution in [0.25, 0.3) is 0 Å². The summed E-state index contributed by atoms with van der Waals surface area (Å²) in [5, 5.41) is 19.2. The van der Waals surface area contributed by atoms with Gasteiger partial charge in [0.1, 0.15) is 11.9 Å². The number of para-hydroxylation sites is 1. The van der Waals surface area contributed by atoms with E-state index in [1.165, 1.54) is 0 Å². The van der Waals surface area contributed by atoms with Crippen LogP contribution in [-0.2, 0) is 24.9 Å². The minimum atomic E-state index is -0.848. The van der Waals surface area contributed by atoms with Gasteiger partial charge in [0.25, 0.3) is 5.91 Å². The summed E-state index contributed by atoms with van der Waals surface area (Å²) in [4.78, 5) is 14.3. The van der Waals surface area contributed by atoms with Gasteiger partial charge < -0.3 is 14.7 Å². The van der Waals surface area contributed by atoms with Crippen LogP contribution < -0.4 is 4.74 Å². The molecule has 3 aromatic rings. The van der Waals surface area contributed by atoms with Crippen LogP contribution in [0.3, 0.4) is 0 Å². The topological polar surface area (TPSA) is 85.4 Å². The lowest BCUT2D eigenvalue weighted by atomic mass is 10.1. The highest BCUT2D eigenvalue weighted by Crippen LogP contribution is 2.23. The van der Waals surface area contributed by atoms with Crippen LogP contribution in [0.4, 0.5) is 0 Å². The molecule has 3 heterocycles. The molecular formula is C20H23N5O3. The van der Waals surface area contributed by atoms with Crippen molar-refractivity contribution in [3.63, 3.8) is 0 Å². The van der Waals surface area contributed by atoms with E-state index in [9.17, 15) is 9.90 Å². The van der Waals surface area contributed by atoms with Crippen molar-refractivity contribution in [2.24, 2.45) is 7.05 Å². The molecule has 1 aromatic carbocycles. The smallest absolute Gasteiger partial charge is 0.260 e. The van der Waals surface area contributed by atoms with E-state index in [2.05, 4.69) is 10.2 Å². The average molecular weight is 381 g/mol. The first-order valence-electron chi connectivity index (χ1n) is 9.21. The van der Waals surface area contributed by atoms with Gasteiger partial charge in [0.2, 0.25) is 0 Å². The highest BCUT2D eigenvalue weighted by atomic mass is 16.5. The second-order valence-electron chi connectivity index (χ2n) is 6.94. The normalized spacial score (nSPS) is 14.6. The fourth-order valence-electron chi connectivity index (χ4n) is 3.39. The van der Waals surface area contributed by atoms with Crippen molar-refractivity contribution in [1.29, 1.82) is 0 Å². The molecule has 0 radical (unpaired) electrons. The summed E-state index contributed by atoms with van der Waals surface area (Å²) < 4.78 is 9.16. The molecule has 0 unspecified atom stereocenters. The van der Waals surface area contributed by atoms with Gasteiger partial charge in [-0.25, -0.2) is 0 Å². The van der Waals surface area contributed by atoms with Crippen molar-refractivity contribution in [2.75, 3.05) is 13.2 Å². The van der Waals surface area contributed by atoms with Crippen LogP contribution >= 0.6 is 0 Å². The highest BCUT2D eigenvalue weighted by molar-refractivity contribution is 5.77. The van der Waals surface area contributed by atoms with E-state index in [0.29, 0.717) is 31.0 Å². The third-order valence-electron chi connectivity index (χ3n) is 5.03. The van der Waals surface area contributed by atoms with Crippen LogP contribution in [-0.4, -0.2) is 48.6 Å². The quantitative estimate of drug-likeness (QED) is 0.723. The minimum absolute atomic E-state index is 0.00346. The van der Waals surface area contributed by atoms with Gasteiger partial charge in [-0.2, -0.15) is 10.2 Å². The van der Waals surface area contributed by atoms with Gasteiger partial charge >= 0.3 is 0 Å². The van der Waals surface area contributed by atoms with Crippen LogP contribution in [0.15, 0.2) is 42.6 Å². The van der Waals surface area contributed by atoms with E-state index in [1.54, 1.807) is 28.9 Å². The molecule has 1 atom stereocenters. The van der Waals surface area contributed by atoms with Gasteiger partial charge in [0, 0.05) is 19.8 Å². The van der Waals surface area contributed by atoms with Crippen LogP contribution in [0.5, 0.6) is 5.75 Å². The number of aromatic nitrogens is 4. The van der Waals surface area contributed by atoms with Crippen molar-refractivity contribution in [3.05, 3.63) is 65.2 Å². The average Bonchev–Trinajstić information content (AvgIpc) is 3.32. The zero-order valence-corrected chi connectivity index (χ0v) is 15.9. The number of ether oxygens (including phenoxy) is 1. The minimum Gasteiger partial charge on any atom is -0.484 e. The number of amides is 1.